The zero-order chi connectivity index (χ0) is 45.0. The quantitative estimate of drug-likeness (QED) is 0.139. The maximum Gasteiger partial charge on any atom is 0.255 e. The highest BCUT2D eigenvalue weighted by Gasteiger charge is 2.44. The predicted molar refractivity (Wildman–Crippen MR) is 242 cm³/mol. The second kappa shape index (κ2) is 14.8. The number of fused-ring (bicyclic) bond motifs is 4. The Hall–Kier alpha value is -8.40. The first kappa shape index (κ1) is 39.2. The van der Waals surface area contributed by atoms with E-state index in [1.54, 1.807) is 29.7 Å². The number of nitrogens with zero attached hydrogens (tertiary/aromatic N) is 6. The highest BCUT2D eigenvalue weighted by Crippen LogP contribution is 2.40. The monoisotopic (exact) mass is 876 g/mol. The molecule has 8 aromatic rings. The van der Waals surface area contributed by atoms with E-state index in [0.717, 1.165) is 72.3 Å². The maximum absolute atomic E-state index is 14.1. The second-order valence-electron chi connectivity index (χ2n) is 17.6. The van der Waals surface area contributed by atoms with Crippen molar-refractivity contribution >= 4 is 57.2 Å². The van der Waals surface area contributed by atoms with Gasteiger partial charge >= 0.3 is 0 Å². The molecule has 0 bridgehead atoms. The molecular formula is C50H40N10O6. The molecule has 4 aliphatic rings. The van der Waals surface area contributed by atoms with Gasteiger partial charge in [-0.3, -0.25) is 39.4 Å². The van der Waals surface area contributed by atoms with E-state index in [1.807, 2.05) is 89.2 Å². The van der Waals surface area contributed by atoms with Crippen molar-refractivity contribution in [3.05, 3.63) is 132 Å². The summed E-state index contributed by atoms with van der Waals surface area (Å²) in [5, 5.41) is 7.03. The number of aromatic amines is 2. The number of rotatable bonds is 8. The Morgan fingerprint density at radius 1 is 0.621 bits per heavy atom. The summed E-state index contributed by atoms with van der Waals surface area (Å²) in [7, 11) is 1.95. The van der Waals surface area contributed by atoms with Crippen LogP contribution < -0.4 is 10.6 Å². The van der Waals surface area contributed by atoms with E-state index in [2.05, 4.69) is 32.7 Å². The predicted octanol–water partition coefficient (Wildman–Crippen LogP) is 5.70. The van der Waals surface area contributed by atoms with E-state index in [4.69, 9.17) is 9.97 Å². The maximum atomic E-state index is 14.1. The van der Waals surface area contributed by atoms with Crippen LogP contribution in [0.15, 0.2) is 110 Å². The van der Waals surface area contributed by atoms with Gasteiger partial charge in [0.1, 0.15) is 12.1 Å². The van der Waals surface area contributed by atoms with Gasteiger partial charge in [-0.1, -0.05) is 42.5 Å². The molecule has 3 unspecified atom stereocenters. The van der Waals surface area contributed by atoms with Crippen LogP contribution in [0, 0.1) is 5.92 Å². The molecular weight excluding hydrogens is 837 g/mol. The van der Waals surface area contributed by atoms with Gasteiger partial charge < -0.3 is 28.9 Å². The van der Waals surface area contributed by atoms with Crippen LogP contribution in [0.2, 0.25) is 0 Å². The van der Waals surface area contributed by atoms with Crippen LogP contribution in [0.3, 0.4) is 0 Å². The summed E-state index contributed by atoms with van der Waals surface area (Å²) < 4.78 is 3.90. The summed E-state index contributed by atoms with van der Waals surface area (Å²) in [4.78, 5) is 99.1. The summed E-state index contributed by atoms with van der Waals surface area (Å²) in [5.41, 5.74) is 10.8. The minimum Gasteiger partial charge on any atom is -0.361 e. The summed E-state index contributed by atoms with van der Waals surface area (Å²) in [6, 6.07) is 25.6. The van der Waals surface area contributed by atoms with Gasteiger partial charge in [0.05, 0.1) is 46.9 Å². The molecule has 4 N–H and O–H groups in total. The lowest BCUT2D eigenvalue weighted by Crippen LogP contribution is -2.56. The third-order valence-corrected chi connectivity index (χ3v) is 13.7. The molecule has 4 aromatic heterocycles. The van der Waals surface area contributed by atoms with Gasteiger partial charge in [0.25, 0.3) is 11.8 Å². The van der Waals surface area contributed by atoms with E-state index in [0.29, 0.717) is 16.8 Å². The largest absolute Gasteiger partial charge is 0.361 e. The molecule has 2 saturated heterocycles. The SMILES string of the molecule is Cn1cnc(-c2ccc3c(c2)CN(C2CC(Cn4cnc(-c5ccc6c(c5)CN(C5CCC(=O)NC5=O)C6=O)c4-c4ccc5cc[nH]c5c4)C(=O)NC2=O)C3=O)c1-c1cccc2cc[nH]c12. The minimum absolute atomic E-state index is 0.0988. The Morgan fingerprint density at radius 2 is 1.29 bits per heavy atom. The number of nitrogens with one attached hydrogen (secondary N) is 4. The van der Waals surface area contributed by atoms with Crippen molar-refractivity contribution in [2.24, 2.45) is 13.0 Å². The summed E-state index contributed by atoms with van der Waals surface area (Å²) in [5.74, 6) is -3.04. The summed E-state index contributed by atoms with van der Waals surface area (Å²) in [6.07, 6.45) is 7.75. The van der Waals surface area contributed by atoms with Crippen molar-refractivity contribution < 1.29 is 28.8 Å². The Balaban J connectivity index is 0.838. The first-order valence-electron chi connectivity index (χ1n) is 21.9. The van der Waals surface area contributed by atoms with Crippen LogP contribution in [0.1, 0.15) is 51.1 Å². The molecule has 0 radical (unpaired) electrons. The van der Waals surface area contributed by atoms with Crippen LogP contribution in [-0.2, 0) is 45.9 Å². The van der Waals surface area contributed by atoms with Crippen molar-refractivity contribution in [2.45, 2.75) is 51.0 Å². The van der Waals surface area contributed by atoms with E-state index in [-0.39, 0.29) is 56.6 Å². The van der Waals surface area contributed by atoms with Crippen LogP contribution in [0.25, 0.3) is 66.8 Å². The number of aryl methyl sites for hydroxylation is 1. The third kappa shape index (κ3) is 6.19. The molecule has 0 spiro atoms. The number of imidazole rings is 2. The highest BCUT2D eigenvalue weighted by molar-refractivity contribution is 6.07. The van der Waals surface area contributed by atoms with Crippen LogP contribution in [0.5, 0.6) is 0 Å². The molecule has 2 fully saturated rings. The Labute approximate surface area is 375 Å². The number of amides is 6. The number of aromatic nitrogens is 6. The van der Waals surface area contributed by atoms with Gasteiger partial charge in [0.15, 0.2) is 0 Å². The molecule has 326 valence electrons. The lowest BCUT2D eigenvalue weighted by atomic mass is 9.92. The van der Waals surface area contributed by atoms with Crippen molar-refractivity contribution in [1.29, 1.82) is 0 Å². The van der Waals surface area contributed by atoms with E-state index in [1.165, 1.54) is 4.90 Å². The molecule has 6 amide bonds. The minimum atomic E-state index is -0.907. The van der Waals surface area contributed by atoms with Gasteiger partial charge in [-0.2, -0.15) is 0 Å². The molecule has 8 heterocycles. The first-order chi connectivity index (χ1) is 32.1. The molecule has 4 aliphatic heterocycles. The molecule has 0 aliphatic carbocycles. The van der Waals surface area contributed by atoms with E-state index in [9.17, 15) is 28.8 Å². The fourth-order valence-corrected chi connectivity index (χ4v) is 10.4. The highest BCUT2D eigenvalue weighted by atomic mass is 16.2. The second-order valence-corrected chi connectivity index (χ2v) is 17.6. The molecule has 12 rings (SSSR count). The number of para-hydroxylation sites is 1. The van der Waals surface area contributed by atoms with E-state index >= 15 is 0 Å². The van der Waals surface area contributed by atoms with Gasteiger partial charge in [-0.15, -0.1) is 0 Å². The normalized spacial score (nSPS) is 19.6. The molecule has 16 heteroatoms. The Kier molecular flexibility index (Phi) is 8.81. The smallest absolute Gasteiger partial charge is 0.255 e. The molecule has 0 saturated carbocycles. The number of carbonyl (C=O) groups is 6. The number of H-pyrrole nitrogens is 2. The van der Waals surface area contributed by atoms with Crippen LogP contribution in [-0.4, -0.2) is 86.4 Å². The van der Waals surface area contributed by atoms with Gasteiger partial charge in [-0.05, 0) is 71.8 Å². The van der Waals surface area contributed by atoms with Gasteiger partial charge in [0, 0.05) is 89.8 Å². The number of hydrogen-bond acceptors (Lipinski definition) is 8. The van der Waals surface area contributed by atoms with Crippen molar-refractivity contribution in [3.63, 3.8) is 0 Å². The number of imide groups is 2. The van der Waals surface area contributed by atoms with Gasteiger partial charge in [-0.25, -0.2) is 9.97 Å². The van der Waals surface area contributed by atoms with Crippen molar-refractivity contribution in [1.82, 2.24) is 49.5 Å². The average Bonchev–Trinajstić information content (AvgIpc) is 4.19. The topological polar surface area (TPSA) is 200 Å². The summed E-state index contributed by atoms with van der Waals surface area (Å²) in [6.45, 7) is 0.544. The fraction of sp³-hybridized carbons (Fsp3) is 0.200. The average molecular weight is 877 g/mol. The number of carbonyl (C=O) groups excluding carboxylic acids is 6. The number of benzene rings is 4. The Morgan fingerprint density at radius 3 is 2.05 bits per heavy atom. The zero-order valence-electron chi connectivity index (χ0n) is 35.5. The zero-order valence-corrected chi connectivity index (χ0v) is 35.5. The standard InChI is InChI=1S/C50H40N10O6/c1-57-24-53-43(45(57)36-4-2-3-27-14-16-52-41(27)36)29-8-10-35-32(18-29)23-60(50(35)66)39-20-33(46(62)56-48(39)64)21-58-25-54-42(44(58)30-6-5-26-13-15-51-37(26)19-30)28-7-9-34-31(17-28)22-59(49(34)65)38-11-12-40(61)55-47(38)63/h2-10,13-19,24-25,33,38-39,51-52H,11-12,20-23H2,1H3,(H,55,61,63)(H,56,62,64). The van der Waals surface area contributed by atoms with Gasteiger partial charge in [0.2, 0.25) is 23.6 Å². The third-order valence-electron chi connectivity index (χ3n) is 13.7. The van der Waals surface area contributed by atoms with Crippen molar-refractivity contribution in [2.75, 3.05) is 0 Å². The first-order valence-corrected chi connectivity index (χ1v) is 21.9. The Bertz CT molecular complexity index is 3430. The summed E-state index contributed by atoms with van der Waals surface area (Å²) >= 11 is 0. The molecule has 4 aromatic carbocycles. The lowest BCUT2D eigenvalue weighted by molar-refractivity contribution is -0.141. The molecule has 3 atom stereocenters. The molecule has 66 heavy (non-hydrogen) atoms. The van der Waals surface area contributed by atoms with Crippen molar-refractivity contribution in [3.8, 4) is 45.0 Å². The molecule has 16 nitrogen and oxygen atoms in total. The number of hydrogen-bond donors (Lipinski definition) is 4. The lowest BCUT2D eigenvalue weighted by Gasteiger charge is -2.33. The fourth-order valence-electron chi connectivity index (χ4n) is 10.4. The van der Waals surface area contributed by atoms with E-state index < -0.39 is 35.7 Å². The number of piperidine rings is 2. The van der Waals surface area contributed by atoms with Crippen LogP contribution >= 0.6 is 0 Å². The van der Waals surface area contributed by atoms with Crippen LogP contribution in [0.4, 0.5) is 0 Å².